The zero-order chi connectivity index (χ0) is 18.0. The number of ether oxygens (including phenoxy) is 2. The number of benzene rings is 1. The second-order valence-corrected chi connectivity index (χ2v) is 7.72. The highest BCUT2D eigenvalue weighted by molar-refractivity contribution is 7.13. The van der Waals surface area contributed by atoms with Crippen LogP contribution in [0.2, 0.25) is 0 Å². The van der Waals surface area contributed by atoms with Crippen molar-refractivity contribution in [1.29, 1.82) is 0 Å². The van der Waals surface area contributed by atoms with Crippen molar-refractivity contribution in [2.24, 2.45) is 5.92 Å². The molecular formula is C19H24N2O3S. The minimum atomic E-state index is -0.0394. The first-order valence-electron chi connectivity index (χ1n) is 8.53. The van der Waals surface area contributed by atoms with Crippen LogP contribution in [0, 0.1) is 12.8 Å². The van der Waals surface area contributed by atoms with Gasteiger partial charge in [-0.05, 0) is 25.0 Å². The number of methoxy groups -OCH3 is 1. The quantitative estimate of drug-likeness (QED) is 0.886. The normalized spacial score (nSPS) is 16.3. The van der Waals surface area contributed by atoms with Gasteiger partial charge in [-0.3, -0.25) is 4.79 Å². The SMILES string of the molecule is COc1ccc2c(c1)OC[C@H](CNC(=O)c1sc(C(C)C)nc1C)C2. The van der Waals surface area contributed by atoms with E-state index < -0.39 is 0 Å². The maximum atomic E-state index is 12.5. The molecule has 25 heavy (non-hydrogen) atoms. The van der Waals surface area contributed by atoms with Gasteiger partial charge in [-0.2, -0.15) is 0 Å². The van der Waals surface area contributed by atoms with Crippen LogP contribution in [0.4, 0.5) is 0 Å². The molecule has 2 heterocycles. The summed E-state index contributed by atoms with van der Waals surface area (Å²) in [5, 5.41) is 4.05. The van der Waals surface area contributed by atoms with Crippen molar-refractivity contribution in [2.45, 2.75) is 33.1 Å². The van der Waals surface area contributed by atoms with Crippen molar-refractivity contribution in [1.82, 2.24) is 10.3 Å². The van der Waals surface area contributed by atoms with Crippen LogP contribution in [0.25, 0.3) is 0 Å². The van der Waals surface area contributed by atoms with Gasteiger partial charge < -0.3 is 14.8 Å². The second kappa shape index (κ2) is 7.44. The van der Waals surface area contributed by atoms with Gasteiger partial charge in [-0.25, -0.2) is 4.98 Å². The number of carbonyl (C=O) groups excluding carboxylic acids is 1. The number of hydrogen-bond acceptors (Lipinski definition) is 5. The van der Waals surface area contributed by atoms with Crippen LogP contribution >= 0.6 is 11.3 Å². The molecule has 1 aliphatic heterocycles. The molecule has 1 amide bonds. The Morgan fingerprint density at radius 1 is 1.48 bits per heavy atom. The molecule has 2 aromatic rings. The number of fused-ring (bicyclic) bond motifs is 1. The Labute approximate surface area is 152 Å². The highest BCUT2D eigenvalue weighted by atomic mass is 32.1. The van der Waals surface area contributed by atoms with Crippen molar-refractivity contribution in [3.63, 3.8) is 0 Å². The number of thiazole rings is 1. The molecule has 0 bridgehead atoms. The van der Waals surface area contributed by atoms with Gasteiger partial charge in [0, 0.05) is 24.4 Å². The van der Waals surface area contributed by atoms with Gasteiger partial charge in [0.1, 0.15) is 16.4 Å². The number of carbonyl (C=O) groups is 1. The summed E-state index contributed by atoms with van der Waals surface area (Å²) in [6, 6.07) is 5.89. The van der Waals surface area contributed by atoms with E-state index in [2.05, 4.69) is 24.1 Å². The lowest BCUT2D eigenvalue weighted by atomic mass is 9.96. The highest BCUT2D eigenvalue weighted by Crippen LogP contribution is 2.31. The standard InChI is InChI=1S/C19H24N2O3S/c1-11(2)19-21-12(3)17(25-19)18(22)20-9-13-7-14-5-6-15(23-4)8-16(14)24-10-13/h5-6,8,11,13H,7,9-10H2,1-4H3,(H,20,22)/t13-/m0/s1. The molecule has 0 radical (unpaired) electrons. The molecule has 0 spiro atoms. The number of aryl methyl sites for hydroxylation is 1. The van der Waals surface area contributed by atoms with E-state index in [0.717, 1.165) is 34.2 Å². The molecule has 1 aromatic carbocycles. The Kier molecular flexibility index (Phi) is 5.27. The third kappa shape index (κ3) is 3.95. The Balaban J connectivity index is 1.59. The smallest absolute Gasteiger partial charge is 0.263 e. The van der Waals surface area contributed by atoms with Gasteiger partial charge in [-0.1, -0.05) is 19.9 Å². The maximum absolute atomic E-state index is 12.5. The molecule has 0 saturated carbocycles. The van der Waals surface area contributed by atoms with Crippen LogP contribution in [0.15, 0.2) is 18.2 Å². The van der Waals surface area contributed by atoms with Crippen LogP contribution in [0.5, 0.6) is 11.5 Å². The molecule has 1 N–H and O–H groups in total. The Bertz CT molecular complexity index is 770. The zero-order valence-electron chi connectivity index (χ0n) is 15.1. The Hall–Kier alpha value is -2.08. The van der Waals surface area contributed by atoms with Gasteiger partial charge in [0.05, 0.1) is 24.4 Å². The first-order chi connectivity index (χ1) is 12.0. The van der Waals surface area contributed by atoms with E-state index in [1.54, 1.807) is 7.11 Å². The first-order valence-corrected chi connectivity index (χ1v) is 9.34. The summed E-state index contributed by atoms with van der Waals surface area (Å²) in [6.07, 6.45) is 0.887. The van der Waals surface area contributed by atoms with E-state index in [0.29, 0.717) is 23.9 Å². The van der Waals surface area contributed by atoms with E-state index in [1.807, 2.05) is 25.1 Å². The van der Waals surface area contributed by atoms with Crippen LogP contribution in [-0.2, 0) is 6.42 Å². The molecule has 1 atom stereocenters. The van der Waals surface area contributed by atoms with E-state index in [-0.39, 0.29) is 11.8 Å². The van der Waals surface area contributed by atoms with Crippen LogP contribution in [0.3, 0.4) is 0 Å². The molecule has 0 fully saturated rings. The average Bonchev–Trinajstić information content (AvgIpc) is 3.01. The summed E-state index contributed by atoms with van der Waals surface area (Å²) in [5.74, 6) is 2.24. The summed E-state index contributed by atoms with van der Waals surface area (Å²) < 4.78 is 11.1. The summed E-state index contributed by atoms with van der Waals surface area (Å²) in [7, 11) is 1.65. The Morgan fingerprint density at radius 3 is 2.96 bits per heavy atom. The van der Waals surface area contributed by atoms with Crippen LogP contribution in [-0.4, -0.2) is 31.2 Å². The van der Waals surface area contributed by atoms with Crippen molar-refractivity contribution < 1.29 is 14.3 Å². The molecule has 0 unspecified atom stereocenters. The third-order valence-corrected chi connectivity index (χ3v) is 5.78. The molecule has 0 aliphatic carbocycles. The fraction of sp³-hybridized carbons (Fsp3) is 0.474. The zero-order valence-corrected chi connectivity index (χ0v) is 15.9. The van der Waals surface area contributed by atoms with Gasteiger partial charge in [0.15, 0.2) is 0 Å². The predicted octanol–water partition coefficient (Wildman–Crippen LogP) is 3.56. The molecule has 0 saturated heterocycles. The monoisotopic (exact) mass is 360 g/mol. The summed E-state index contributed by atoms with van der Waals surface area (Å²) in [6.45, 7) is 7.26. The van der Waals surface area contributed by atoms with E-state index in [9.17, 15) is 4.79 Å². The largest absolute Gasteiger partial charge is 0.497 e. The summed E-state index contributed by atoms with van der Waals surface area (Å²) >= 11 is 1.49. The lowest BCUT2D eigenvalue weighted by Crippen LogP contribution is -2.34. The average molecular weight is 360 g/mol. The lowest BCUT2D eigenvalue weighted by molar-refractivity contribution is 0.0942. The topological polar surface area (TPSA) is 60.5 Å². The number of aromatic nitrogens is 1. The molecular weight excluding hydrogens is 336 g/mol. The molecule has 6 heteroatoms. The fourth-order valence-electron chi connectivity index (χ4n) is 2.87. The van der Waals surface area contributed by atoms with Gasteiger partial charge >= 0.3 is 0 Å². The van der Waals surface area contributed by atoms with Gasteiger partial charge in [0.25, 0.3) is 5.91 Å². The number of rotatable bonds is 5. The molecule has 3 rings (SSSR count). The van der Waals surface area contributed by atoms with Crippen LogP contribution < -0.4 is 14.8 Å². The second-order valence-electron chi connectivity index (χ2n) is 6.69. The van der Waals surface area contributed by atoms with Crippen molar-refractivity contribution in [2.75, 3.05) is 20.3 Å². The predicted molar refractivity (Wildman–Crippen MR) is 99.0 cm³/mol. The number of amides is 1. The number of nitrogens with zero attached hydrogens (tertiary/aromatic N) is 1. The maximum Gasteiger partial charge on any atom is 0.263 e. The minimum Gasteiger partial charge on any atom is -0.497 e. The van der Waals surface area contributed by atoms with Crippen LogP contribution in [0.1, 0.15) is 45.7 Å². The van der Waals surface area contributed by atoms with E-state index >= 15 is 0 Å². The van der Waals surface area contributed by atoms with Crippen molar-refractivity contribution in [3.8, 4) is 11.5 Å². The van der Waals surface area contributed by atoms with Gasteiger partial charge in [-0.15, -0.1) is 11.3 Å². The first kappa shape index (κ1) is 17.7. The number of hydrogen-bond donors (Lipinski definition) is 1. The number of nitrogens with one attached hydrogen (secondary N) is 1. The van der Waals surface area contributed by atoms with E-state index in [4.69, 9.17) is 9.47 Å². The van der Waals surface area contributed by atoms with E-state index in [1.165, 1.54) is 11.3 Å². The fourth-order valence-corrected chi connectivity index (χ4v) is 3.85. The third-order valence-electron chi connectivity index (χ3n) is 4.32. The molecule has 134 valence electrons. The molecule has 1 aliphatic rings. The molecule has 1 aromatic heterocycles. The Morgan fingerprint density at radius 2 is 2.28 bits per heavy atom. The lowest BCUT2D eigenvalue weighted by Gasteiger charge is -2.25. The van der Waals surface area contributed by atoms with Crippen molar-refractivity contribution >= 4 is 17.2 Å². The summed E-state index contributed by atoms with van der Waals surface area (Å²) in [5.41, 5.74) is 1.96. The molecule has 5 nitrogen and oxygen atoms in total. The summed E-state index contributed by atoms with van der Waals surface area (Å²) in [4.78, 5) is 17.7. The van der Waals surface area contributed by atoms with Gasteiger partial charge in [0.2, 0.25) is 0 Å². The van der Waals surface area contributed by atoms with Crippen molar-refractivity contribution in [3.05, 3.63) is 39.3 Å². The minimum absolute atomic E-state index is 0.0394. The highest BCUT2D eigenvalue weighted by Gasteiger charge is 2.22.